The Bertz CT molecular complexity index is 54.6. The van der Waals surface area contributed by atoms with E-state index in [0.717, 1.165) is 18.9 Å². The Morgan fingerprint density at radius 2 is 1.64 bits per heavy atom. The number of nitrogens with one attached hydrogen (secondary N) is 1. The summed E-state index contributed by atoms with van der Waals surface area (Å²) in [5.41, 5.74) is 0. The highest BCUT2D eigenvalue weighted by atomic mass is 16.3. The maximum atomic E-state index is 8.75. The van der Waals surface area contributed by atoms with E-state index in [2.05, 4.69) is 19.2 Å². The summed E-state index contributed by atoms with van der Waals surface area (Å²) in [6, 6.07) is 0. The summed E-state index contributed by atoms with van der Waals surface area (Å²) in [5, 5.41) is 11.7. The smallest absolute Gasteiger partial charge is 0.102 e. The lowest BCUT2D eigenvalue weighted by molar-refractivity contribution is 0.155. The Kier molecular flexibility index (Phi) is 12.2. The number of aliphatic hydroxyl groups is 1. The van der Waals surface area contributed by atoms with Crippen molar-refractivity contribution in [3.8, 4) is 0 Å². The van der Waals surface area contributed by atoms with E-state index < -0.39 is 0 Å². The average molecular weight is 161 g/mol. The molecule has 1 unspecified atom stereocenters. The third kappa shape index (κ3) is 17.8. The molecule has 2 nitrogen and oxygen atoms in total. The van der Waals surface area contributed by atoms with Gasteiger partial charge in [-0.25, -0.2) is 0 Å². The molecule has 0 fully saturated rings. The summed E-state index contributed by atoms with van der Waals surface area (Å²) < 4.78 is 0. The molecule has 0 aliphatic carbocycles. The average Bonchev–Trinajstić information content (AvgIpc) is 1.90. The fourth-order valence-corrected chi connectivity index (χ4v) is 0.581. The number of hydrogen-bond donors (Lipinski definition) is 2. The summed E-state index contributed by atoms with van der Waals surface area (Å²) in [4.78, 5) is 0. The van der Waals surface area contributed by atoms with Crippen LogP contribution in [0.5, 0.6) is 0 Å². The minimum absolute atomic E-state index is 0.358. The third-order valence-corrected chi connectivity index (χ3v) is 1.16. The second kappa shape index (κ2) is 9.92. The molecule has 0 spiro atoms. The molecule has 0 radical (unpaired) electrons. The molecule has 0 rings (SSSR count). The molecule has 0 aliphatic rings. The number of aliphatic hydroxyl groups excluding tert-OH is 1. The molecular weight excluding hydrogens is 138 g/mol. The first-order valence-corrected chi connectivity index (χ1v) is 4.54. The van der Waals surface area contributed by atoms with Crippen LogP contribution < -0.4 is 5.32 Å². The maximum absolute atomic E-state index is 8.75. The monoisotopic (exact) mass is 161 g/mol. The Labute approximate surface area is 71.0 Å². The van der Waals surface area contributed by atoms with Gasteiger partial charge in [-0.05, 0) is 25.8 Å². The van der Waals surface area contributed by atoms with Crippen molar-refractivity contribution in [3.05, 3.63) is 0 Å². The molecule has 0 aromatic rings. The van der Waals surface area contributed by atoms with E-state index in [9.17, 15) is 0 Å². The van der Waals surface area contributed by atoms with Gasteiger partial charge in [0.05, 0.1) is 0 Å². The Morgan fingerprint density at radius 1 is 1.18 bits per heavy atom. The second-order valence-electron chi connectivity index (χ2n) is 2.81. The zero-order chi connectivity index (χ0) is 9.28. The van der Waals surface area contributed by atoms with Crippen molar-refractivity contribution in [1.29, 1.82) is 0 Å². The summed E-state index contributed by atoms with van der Waals surface area (Å²) >= 11 is 0. The van der Waals surface area contributed by atoms with Crippen LogP contribution in [0.1, 0.15) is 41.0 Å². The molecule has 0 heterocycles. The lowest BCUT2D eigenvalue weighted by Crippen LogP contribution is -2.26. The van der Waals surface area contributed by atoms with Gasteiger partial charge in [0.2, 0.25) is 0 Å². The number of rotatable bonds is 4. The van der Waals surface area contributed by atoms with Crippen LogP contribution in [-0.4, -0.2) is 17.9 Å². The lowest BCUT2D eigenvalue weighted by Gasteiger charge is -2.07. The van der Waals surface area contributed by atoms with Gasteiger partial charge in [-0.1, -0.05) is 27.7 Å². The lowest BCUT2D eigenvalue weighted by atomic mass is 10.1. The van der Waals surface area contributed by atoms with Gasteiger partial charge in [0.1, 0.15) is 6.23 Å². The van der Waals surface area contributed by atoms with E-state index in [1.54, 1.807) is 6.92 Å². The highest BCUT2D eigenvalue weighted by Gasteiger charge is 1.94. The minimum atomic E-state index is -0.358. The maximum Gasteiger partial charge on any atom is 0.102 e. The van der Waals surface area contributed by atoms with Gasteiger partial charge in [-0.2, -0.15) is 0 Å². The van der Waals surface area contributed by atoms with E-state index in [0.29, 0.717) is 0 Å². The molecule has 11 heavy (non-hydrogen) atoms. The van der Waals surface area contributed by atoms with Crippen LogP contribution in [0.3, 0.4) is 0 Å². The molecule has 0 aromatic heterocycles. The quantitative estimate of drug-likeness (QED) is 0.618. The van der Waals surface area contributed by atoms with Crippen LogP contribution >= 0.6 is 0 Å². The Morgan fingerprint density at radius 3 is 1.91 bits per heavy atom. The molecule has 0 bridgehead atoms. The molecule has 70 valence electrons. The first-order chi connectivity index (χ1) is 5.13. The van der Waals surface area contributed by atoms with Crippen molar-refractivity contribution in [1.82, 2.24) is 5.32 Å². The van der Waals surface area contributed by atoms with Crippen LogP contribution in [0.25, 0.3) is 0 Å². The van der Waals surface area contributed by atoms with Gasteiger partial charge in [0.25, 0.3) is 0 Å². The normalized spacial score (nSPS) is 12.3. The molecule has 0 aromatic carbocycles. The number of hydrogen-bond acceptors (Lipinski definition) is 2. The molecule has 1 atom stereocenters. The van der Waals surface area contributed by atoms with Gasteiger partial charge in [-0.15, -0.1) is 0 Å². The van der Waals surface area contributed by atoms with Crippen molar-refractivity contribution in [2.75, 3.05) is 6.54 Å². The van der Waals surface area contributed by atoms with Crippen LogP contribution in [-0.2, 0) is 0 Å². The molecule has 2 N–H and O–H groups in total. The zero-order valence-corrected chi connectivity index (χ0v) is 8.52. The highest BCUT2D eigenvalue weighted by molar-refractivity contribution is 4.49. The van der Waals surface area contributed by atoms with Crippen molar-refractivity contribution in [3.63, 3.8) is 0 Å². The van der Waals surface area contributed by atoms with Crippen molar-refractivity contribution in [2.24, 2.45) is 5.92 Å². The molecule has 0 amide bonds. The van der Waals surface area contributed by atoms with E-state index in [4.69, 9.17) is 5.11 Å². The summed E-state index contributed by atoms with van der Waals surface area (Å²) in [7, 11) is 0. The first-order valence-electron chi connectivity index (χ1n) is 4.54. The van der Waals surface area contributed by atoms with Gasteiger partial charge < -0.3 is 5.11 Å². The molecule has 2 heteroatoms. The fraction of sp³-hybridized carbons (Fsp3) is 1.00. The molecule has 0 saturated heterocycles. The predicted octanol–water partition coefficient (Wildman–Crippen LogP) is 1.99. The summed E-state index contributed by atoms with van der Waals surface area (Å²) in [5.74, 6) is 0.719. The minimum Gasteiger partial charge on any atom is -0.379 e. The SMILES string of the molecule is CC.CC(C)CCNC(C)O. The third-order valence-electron chi connectivity index (χ3n) is 1.16. The Hall–Kier alpha value is -0.0800. The first kappa shape index (κ1) is 13.5. The van der Waals surface area contributed by atoms with Crippen LogP contribution in [0.2, 0.25) is 0 Å². The van der Waals surface area contributed by atoms with Gasteiger partial charge in [-0.3, -0.25) is 5.32 Å². The second-order valence-corrected chi connectivity index (χ2v) is 2.81. The molecular formula is C9H23NO. The largest absolute Gasteiger partial charge is 0.379 e. The van der Waals surface area contributed by atoms with E-state index in [-0.39, 0.29) is 6.23 Å². The van der Waals surface area contributed by atoms with Gasteiger partial charge >= 0.3 is 0 Å². The summed E-state index contributed by atoms with van der Waals surface area (Å²) in [6.45, 7) is 11.0. The molecule has 0 saturated carbocycles. The van der Waals surface area contributed by atoms with Crippen molar-refractivity contribution >= 4 is 0 Å². The topological polar surface area (TPSA) is 32.3 Å². The van der Waals surface area contributed by atoms with Gasteiger partial charge in [0.15, 0.2) is 0 Å². The van der Waals surface area contributed by atoms with Crippen LogP contribution in [0.15, 0.2) is 0 Å². The summed E-state index contributed by atoms with van der Waals surface area (Å²) in [6.07, 6.45) is 0.772. The van der Waals surface area contributed by atoms with Crippen LogP contribution in [0, 0.1) is 5.92 Å². The Balaban J connectivity index is 0. The molecule has 0 aliphatic heterocycles. The van der Waals surface area contributed by atoms with E-state index >= 15 is 0 Å². The fourth-order valence-electron chi connectivity index (χ4n) is 0.581. The van der Waals surface area contributed by atoms with E-state index in [1.165, 1.54) is 0 Å². The van der Waals surface area contributed by atoms with Gasteiger partial charge in [0, 0.05) is 0 Å². The standard InChI is InChI=1S/C7H17NO.C2H6/c1-6(2)4-5-8-7(3)9;1-2/h6-9H,4-5H2,1-3H3;1-2H3. The highest BCUT2D eigenvalue weighted by Crippen LogP contribution is 1.96. The zero-order valence-electron chi connectivity index (χ0n) is 8.52. The predicted molar refractivity (Wildman–Crippen MR) is 50.5 cm³/mol. The van der Waals surface area contributed by atoms with E-state index in [1.807, 2.05) is 13.8 Å². The van der Waals surface area contributed by atoms with Crippen molar-refractivity contribution in [2.45, 2.75) is 47.3 Å². The van der Waals surface area contributed by atoms with Crippen LogP contribution in [0.4, 0.5) is 0 Å². The van der Waals surface area contributed by atoms with Crippen molar-refractivity contribution < 1.29 is 5.11 Å².